The lowest BCUT2D eigenvalue weighted by Gasteiger charge is -2.06. The summed E-state index contributed by atoms with van der Waals surface area (Å²) < 4.78 is 31.1. The first kappa shape index (κ1) is 15.4. The fraction of sp³-hybridized carbons (Fsp3) is 0.545. The van der Waals surface area contributed by atoms with Crippen molar-refractivity contribution in [2.75, 3.05) is 20.3 Å². The lowest BCUT2D eigenvalue weighted by Crippen LogP contribution is -2.24. The Labute approximate surface area is 113 Å². The number of rotatable bonds is 8. The number of unbranched alkanes of at least 4 members (excludes halogenated alkanes) is 2. The number of hydrogen-bond acceptors (Lipinski definition) is 4. The molecule has 0 bridgehead atoms. The SMILES string of the molecule is COCCCCCNS(=O)(=O)c1ccnc(Cl)c1. The van der Waals surface area contributed by atoms with Crippen molar-refractivity contribution in [3.63, 3.8) is 0 Å². The summed E-state index contributed by atoms with van der Waals surface area (Å²) in [6.07, 6.45) is 4.00. The van der Waals surface area contributed by atoms with Crippen LogP contribution in [0, 0.1) is 0 Å². The average molecular weight is 293 g/mol. The first-order valence-electron chi connectivity index (χ1n) is 5.66. The van der Waals surface area contributed by atoms with Gasteiger partial charge in [-0.25, -0.2) is 18.1 Å². The molecule has 0 atom stereocenters. The minimum Gasteiger partial charge on any atom is -0.385 e. The highest BCUT2D eigenvalue weighted by molar-refractivity contribution is 7.89. The molecule has 1 aromatic rings. The third-order valence-electron chi connectivity index (χ3n) is 2.33. The summed E-state index contributed by atoms with van der Waals surface area (Å²) in [5.41, 5.74) is 0. The van der Waals surface area contributed by atoms with E-state index >= 15 is 0 Å². The minimum absolute atomic E-state index is 0.138. The van der Waals surface area contributed by atoms with Gasteiger partial charge in [-0.05, 0) is 31.4 Å². The maximum Gasteiger partial charge on any atom is 0.240 e. The van der Waals surface area contributed by atoms with E-state index in [2.05, 4.69) is 9.71 Å². The Morgan fingerprint density at radius 3 is 2.83 bits per heavy atom. The number of sulfonamides is 1. The molecule has 0 radical (unpaired) electrons. The minimum atomic E-state index is -3.48. The van der Waals surface area contributed by atoms with Gasteiger partial charge >= 0.3 is 0 Å². The molecule has 0 amide bonds. The van der Waals surface area contributed by atoms with E-state index in [9.17, 15) is 8.42 Å². The number of halogens is 1. The first-order valence-corrected chi connectivity index (χ1v) is 7.52. The lowest BCUT2D eigenvalue weighted by molar-refractivity contribution is 0.192. The fourth-order valence-electron chi connectivity index (χ4n) is 1.39. The quantitative estimate of drug-likeness (QED) is 0.586. The first-order chi connectivity index (χ1) is 8.56. The predicted octanol–water partition coefficient (Wildman–Crippen LogP) is 1.83. The molecule has 0 aliphatic rings. The van der Waals surface area contributed by atoms with Gasteiger partial charge < -0.3 is 4.74 Å². The van der Waals surface area contributed by atoms with Crippen LogP contribution in [0.4, 0.5) is 0 Å². The standard InChI is InChI=1S/C11H17ClN2O3S/c1-17-8-4-2-3-6-14-18(15,16)10-5-7-13-11(12)9-10/h5,7,9,14H,2-4,6,8H2,1H3. The Morgan fingerprint density at radius 2 is 2.17 bits per heavy atom. The Kier molecular flexibility index (Phi) is 6.56. The summed E-state index contributed by atoms with van der Waals surface area (Å²) in [6.45, 7) is 1.11. The highest BCUT2D eigenvalue weighted by atomic mass is 35.5. The molecule has 1 rings (SSSR count). The van der Waals surface area contributed by atoms with Crippen LogP contribution in [0.3, 0.4) is 0 Å². The highest BCUT2D eigenvalue weighted by Gasteiger charge is 2.13. The summed E-state index contributed by atoms with van der Waals surface area (Å²) in [7, 11) is -1.83. The van der Waals surface area contributed by atoms with Gasteiger partial charge in [-0.3, -0.25) is 0 Å². The molecule has 7 heteroatoms. The second-order valence-electron chi connectivity index (χ2n) is 3.77. The number of aromatic nitrogens is 1. The molecule has 1 N–H and O–H groups in total. The Balaban J connectivity index is 2.41. The van der Waals surface area contributed by atoms with Crippen molar-refractivity contribution in [1.29, 1.82) is 0 Å². The predicted molar refractivity (Wildman–Crippen MR) is 70.2 cm³/mol. The molecule has 102 valence electrons. The maximum atomic E-state index is 11.9. The van der Waals surface area contributed by atoms with E-state index in [4.69, 9.17) is 16.3 Å². The zero-order valence-electron chi connectivity index (χ0n) is 10.2. The van der Waals surface area contributed by atoms with Crippen LogP contribution in [0.15, 0.2) is 23.2 Å². The van der Waals surface area contributed by atoms with E-state index in [0.717, 1.165) is 19.3 Å². The molecule has 0 saturated carbocycles. The molecule has 0 aromatic carbocycles. The number of nitrogens with zero attached hydrogens (tertiary/aromatic N) is 1. The third kappa shape index (κ3) is 5.30. The number of hydrogen-bond donors (Lipinski definition) is 1. The smallest absolute Gasteiger partial charge is 0.240 e. The summed E-state index contributed by atoms with van der Waals surface area (Å²) in [5, 5.41) is 0.165. The summed E-state index contributed by atoms with van der Waals surface area (Å²) in [4.78, 5) is 3.88. The van der Waals surface area contributed by atoms with Crippen LogP contribution in [0.2, 0.25) is 5.15 Å². The summed E-state index contributed by atoms with van der Waals surface area (Å²) >= 11 is 5.65. The van der Waals surface area contributed by atoms with Crippen molar-refractivity contribution in [2.24, 2.45) is 0 Å². The van der Waals surface area contributed by atoms with Gasteiger partial charge in [-0.1, -0.05) is 11.6 Å². The van der Waals surface area contributed by atoms with Crippen molar-refractivity contribution in [1.82, 2.24) is 9.71 Å². The second kappa shape index (κ2) is 7.68. The van der Waals surface area contributed by atoms with Crippen molar-refractivity contribution in [3.05, 3.63) is 23.5 Å². The molecule has 0 unspecified atom stereocenters. The van der Waals surface area contributed by atoms with Crippen molar-refractivity contribution in [3.8, 4) is 0 Å². The van der Waals surface area contributed by atoms with E-state index in [0.29, 0.717) is 13.2 Å². The Hall–Kier alpha value is -0.690. The molecular formula is C11H17ClN2O3S. The number of ether oxygens (including phenoxy) is 1. The number of pyridine rings is 1. The number of nitrogens with one attached hydrogen (secondary N) is 1. The van der Waals surface area contributed by atoms with Gasteiger partial charge in [0.2, 0.25) is 10.0 Å². The molecule has 1 aromatic heterocycles. The van der Waals surface area contributed by atoms with Crippen molar-refractivity contribution in [2.45, 2.75) is 24.2 Å². The largest absolute Gasteiger partial charge is 0.385 e. The molecule has 0 aliphatic heterocycles. The van der Waals surface area contributed by atoms with Crippen molar-refractivity contribution >= 4 is 21.6 Å². The van der Waals surface area contributed by atoms with Crippen LogP contribution in [-0.4, -0.2) is 33.7 Å². The molecule has 18 heavy (non-hydrogen) atoms. The van der Waals surface area contributed by atoms with E-state index in [1.807, 2.05) is 0 Å². The van der Waals surface area contributed by atoms with E-state index in [1.54, 1.807) is 7.11 Å². The lowest BCUT2D eigenvalue weighted by atomic mass is 10.2. The average Bonchev–Trinajstić information content (AvgIpc) is 2.33. The molecule has 1 heterocycles. The van der Waals surface area contributed by atoms with Gasteiger partial charge in [0.05, 0.1) is 4.90 Å². The van der Waals surface area contributed by atoms with Gasteiger partial charge in [0.1, 0.15) is 5.15 Å². The Morgan fingerprint density at radius 1 is 1.39 bits per heavy atom. The number of methoxy groups -OCH3 is 1. The maximum absolute atomic E-state index is 11.9. The third-order valence-corrected chi connectivity index (χ3v) is 3.99. The molecule has 5 nitrogen and oxygen atoms in total. The van der Waals surface area contributed by atoms with Gasteiger partial charge in [0.25, 0.3) is 0 Å². The van der Waals surface area contributed by atoms with Gasteiger partial charge in [0.15, 0.2) is 0 Å². The fourth-order valence-corrected chi connectivity index (χ4v) is 2.72. The van der Waals surface area contributed by atoms with E-state index in [1.165, 1.54) is 18.3 Å². The van der Waals surface area contributed by atoms with Crippen LogP contribution in [-0.2, 0) is 14.8 Å². The summed E-state index contributed by atoms with van der Waals surface area (Å²) in [6, 6.07) is 2.74. The highest BCUT2D eigenvalue weighted by Crippen LogP contribution is 2.12. The zero-order chi connectivity index (χ0) is 13.4. The van der Waals surface area contributed by atoms with Crippen LogP contribution in [0.1, 0.15) is 19.3 Å². The Bertz CT molecular complexity index is 465. The topological polar surface area (TPSA) is 68.3 Å². The second-order valence-corrected chi connectivity index (χ2v) is 5.92. The van der Waals surface area contributed by atoms with Gasteiger partial charge in [-0.2, -0.15) is 0 Å². The monoisotopic (exact) mass is 292 g/mol. The molecule has 0 aliphatic carbocycles. The van der Waals surface area contributed by atoms with E-state index < -0.39 is 10.0 Å². The van der Waals surface area contributed by atoms with Crippen molar-refractivity contribution < 1.29 is 13.2 Å². The van der Waals surface area contributed by atoms with Crippen LogP contribution >= 0.6 is 11.6 Å². The molecular weight excluding hydrogens is 276 g/mol. The van der Waals surface area contributed by atoms with E-state index in [-0.39, 0.29) is 10.0 Å². The normalized spacial score (nSPS) is 11.7. The van der Waals surface area contributed by atoms with Gasteiger partial charge in [-0.15, -0.1) is 0 Å². The van der Waals surface area contributed by atoms with Crippen LogP contribution in [0.25, 0.3) is 0 Å². The van der Waals surface area contributed by atoms with Crippen LogP contribution in [0.5, 0.6) is 0 Å². The molecule has 0 fully saturated rings. The van der Waals surface area contributed by atoms with Crippen LogP contribution < -0.4 is 4.72 Å². The molecule has 0 spiro atoms. The molecule has 0 saturated heterocycles. The van der Waals surface area contributed by atoms with Gasteiger partial charge in [0, 0.05) is 26.5 Å². The summed E-state index contributed by atoms with van der Waals surface area (Å²) in [5.74, 6) is 0. The zero-order valence-corrected chi connectivity index (χ0v) is 11.8.